The van der Waals surface area contributed by atoms with Crippen molar-refractivity contribution < 1.29 is 0 Å². The van der Waals surface area contributed by atoms with Crippen molar-refractivity contribution in [1.29, 1.82) is 0 Å². The van der Waals surface area contributed by atoms with Gasteiger partial charge in [-0.05, 0) is 44.9 Å². The van der Waals surface area contributed by atoms with Crippen molar-refractivity contribution >= 4 is 0 Å². The van der Waals surface area contributed by atoms with E-state index < -0.39 is 0 Å². The molecule has 0 heteroatoms. The van der Waals surface area contributed by atoms with E-state index in [0.29, 0.717) is 0 Å². The summed E-state index contributed by atoms with van der Waals surface area (Å²) in [6, 6.07) is 0. The van der Waals surface area contributed by atoms with Crippen molar-refractivity contribution in [2.75, 3.05) is 0 Å². The molecule has 79 valence electrons. The second-order valence-electron chi connectivity index (χ2n) is 4.04. The van der Waals surface area contributed by atoms with E-state index in [0.717, 1.165) is 0 Å². The minimum Gasteiger partial charge on any atom is -0.0885 e. The third-order valence-corrected chi connectivity index (χ3v) is 2.67. The maximum atomic E-state index is 2.41. The molecular weight excluding hydrogens is 168 g/mol. The smallest absolute Gasteiger partial charge is 0.0316 e. The monoisotopic (exact) mass is 191 g/mol. The lowest BCUT2D eigenvalue weighted by atomic mass is 10.1. The molecule has 0 saturated carbocycles. The fraction of sp³-hybridized carbons (Fsp3) is 0.643. The van der Waals surface area contributed by atoms with Gasteiger partial charge < -0.3 is 0 Å². The van der Waals surface area contributed by atoms with Crippen molar-refractivity contribution in [3.63, 3.8) is 0 Å². The molecule has 0 aromatic heterocycles. The van der Waals surface area contributed by atoms with E-state index in [-0.39, 0.29) is 0 Å². The van der Waals surface area contributed by atoms with Gasteiger partial charge in [0.1, 0.15) is 0 Å². The van der Waals surface area contributed by atoms with E-state index in [1.165, 1.54) is 57.8 Å². The highest BCUT2D eigenvalue weighted by Crippen LogP contribution is 2.09. The second kappa shape index (κ2) is 9.05. The summed E-state index contributed by atoms with van der Waals surface area (Å²) in [6.07, 6.45) is 23.5. The van der Waals surface area contributed by atoms with Gasteiger partial charge in [-0.2, -0.15) is 0 Å². The van der Waals surface area contributed by atoms with Crippen molar-refractivity contribution in [3.05, 3.63) is 30.7 Å². The molecule has 1 aliphatic rings. The van der Waals surface area contributed by atoms with Crippen LogP contribution in [-0.4, -0.2) is 0 Å². The van der Waals surface area contributed by atoms with Crippen LogP contribution in [0, 0.1) is 6.42 Å². The van der Waals surface area contributed by atoms with Gasteiger partial charge in [0.25, 0.3) is 0 Å². The van der Waals surface area contributed by atoms with Crippen LogP contribution >= 0.6 is 0 Å². The predicted octanol–water partition coefficient (Wildman–Crippen LogP) is 4.83. The minimum absolute atomic E-state index is 1.17. The number of hydrogen-bond acceptors (Lipinski definition) is 0. The zero-order valence-electron chi connectivity index (χ0n) is 9.25. The van der Waals surface area contributed by atoms with Crippen LogP contribution in [0.5, 0.6) is 0 Å². The normalized spacial score (nSPS) is 26.3. The van der Waals surface area contributed by atoms with Crippen LogP contribution in [-0.2, 0) is 0 Å². The molecule has 0 spiro atoms. The Bertz CT molecular complexity index is 145. The largest absolute Gasteiger partial charge is 0.0885 e. The lowest BCUT2D eigenvalue weighted by Crippen LogP contribution is -1.81. The van der Waals surface area contributed by atoms with Crippen molar-refractivity contribution in [1.82, 2.24) is 0 Å². The summed E-state index contributed by atoms with van der Waals surface area (Å²) in [5.74, 6) is 0. The van der Waals surface area contributed by atoms with E-state index in [1.54, 1.807) is 0 Å². The van der Waals surface area contributed by atoms with Gasteiger partial charge in [0, 0.05) is 0 Å². The van der Waals surface area contributed by atoms with Crippen LogP contribution in [0.15, 0.2) is 24.3 Å². The Morgan fingerprint density at radius 1 is 0.500 bits per heavy atom. The molecule has 0 aromatic rings. The van der Waals surface area contributed by atoms with Gasteiger partial charge in [0.05, 0.1) is 0 Å². The zero-order valence-corrected chi connectivity index (χ0v) is 9.25. The fourth-order valence-corrected chi connectivity index (χ4v) is 1.76. The summed E-state index contributed by atoms with van der Waals surface area (Å²) in [7, 11) is 0. The molecular formula is C14H23. The third-order valence-electron chi connectivity index (χ3n) is 2.67. The highest BCUT2D eigenvalue weighted by atomic mass is 14.0. The summed E-state index contributed by atoms with van der Waals surface area (Å²) in [4.78, 5) is 0. The average molecular weight is 191 g/mol. The standard InChI is InChI=1S/C14H23/c1-2-4-6-8-10-12-14-13-11-9-7-5-3-1/h1-2,5,8,10H,3-4,6-7,9,11-14H2/b2-1-,10-8-. The fourth-order valence-electron chi connectivity index (χ4n) is 1.76. The molecule has 0 aliphatic heterocycles. The average Bonchev–Trinajstić information content (AvgIpc) is 2.22. The molecule has 0 N–H and O–H groups in total. The van der Waals surface area contributed by atoms with E-state index in [4.69, 9.17) is 0 Å². The topological polar surface area (TPSA) is 0 Å². The SMILES string of the molecule is [CH]1C/C=C\CC/C=C\CCCCCC1. The van der Waals surface area contributed by atoms with Crippen LogP contribution in [0.25, 0.3) is 0 Å². The highest BCUT2D eigenvalue weighted by molar-refractivity contribution is 4.90. The van der Waals surface area contributed by atoms with Gasteiger partial charge in [-0.1, -0.05) is 43.6 Å². The maximum absolute atomic E-state index is 2.41. The molecule has 1 aliphatic carbocycles. The Hall–Kier alpha value is -0.520. The second-order valence-corrected chi connectivity index (χ2v) is 4.04. The van der Waals surface area contributed by atoms with Crippen molar-refractivity contribution in [2.45, 2.75) is 57.8 Å². The molecule has 0 atom stereocenters. The van der Waals surface area contributed by atoms with Gasteiger partial charge in [0.2, 0.25) is 0 Å². The van der Waals surface area contributed by atoms with Gasteiger partial charge in [-0.15, -0.1) is 0 Å². The maximum Gasteiger partial charge on any atom is -0.0316 e. The van der Waals surface area contributed by atoms with Gasteiger partial charge >= 0.3 is 0 Å². The Morgan fingerprint density at radius 2 is 1.14 bits per heavy atom. The molecule has 0 fully saturated rings. The lowest BCUT2D eigenvalue weighted by Gasteiger charge is -2.00. The zero-order chi connectivity index (χ0) is 9.90. The van der Waals surface area contributed by atoms with E-state index in [1.807, 2.05) is 0 Å². The summed E-state index contributed by atoms with van der Waals surface area (Å²) >= 11 is 0. The molecule has 0 nitrogen and oxygen atoms in total. The van der Waals surface area contributed by atoms with E-state index in [9.17, 15) is 0 Å². The van der Waals surface area contributed by atoms with Crippen molar-refractivity contribution in [2.24, 2.45) is 0 Å². The van der Waals surface area contributed by atoms with Gasteiger partial charge in [-0.25, -0.2) is 0 Å². The Balaban J connectivity index is 2.17. The first kappa shape index (κ1) is 11.6. The molecule has 14 heavy (non-hydrogen) atoms. The number of allylic oxidation sites excluding steroid dienone is 4. The Labute approximate surface area is 89.1 Å². The minimum atomic E-state index is 1.17. The molecule has 0 saturated heterocycles. The summed E-state index contributed by atoms with van der Waals surface area (Å²) in [5.41, 5.74) is 0. The van der Waals surface area contributed by atoms with Crippen molar-refractivity contribution in [3.8, 4) is 0 Å². The molecule has 0 aromatic carbocycles. The molecule has 0 bridgehead atoms. The number of rotatable bonds is 0. The third kappa shape index (κ3) is 6.94. The Morgan fingerprint density at radius 3 is 2.00 bits per heavy atom. The van der Waals surface area contributed by atoms with E-state index >= 15 is 0 Å². The van der Waals surface area contributed by atoms with Crippen LogP contribution < -0.4 is 0 Å². The van der Waals surface area contributed by atoms with Crippen LogP contribution in [0.2, 0.25) is 0 Å². The highest BCUT2D eigenvalue weighted by Gasteiger charge is 1.90. The first-order valence-corrected chi connectivity index (χ1v) is 6.12. The van der Waals surface area contributed by atoms with Crippen LogP contribution in [0.4, 0.5) is 0 Å². The first-order valence-electron chi connectivity index (χ1n) is 6.12. The molecule has 1 radical (unpaired) electrons. The van der Waals surface area contributed by atoms with E-state index in [2.05, 4.69) is 30.7 Å². The Kier molecular flexibility index (Phi) is 7.47. The molecule has 1 rings (SSSR count). The molecule has 0 unspecified atom stereocenters. The quantitative estimate of drug-likeness (QED) is 0.481. The van der Waals surface area contributed by atoms with Crippen LogP contribution in [0.1, 0.15) is 57.8 Å². The van der Waals surface area contributed by atoms with Gasteiger partial charge in [-0.3, -0.25) is 0 Å². The summed E-state index contributed by atoms with van der Waals surface area (Å²) in [5, 5.41) is 0. The molecule has 0 heterocycles. The summed E-state index contributed by atoms with van der Waals surface area (Å²) in [6.45, 7) is 0. The number of hydrogen-bond donors (Lipinski definition) is 0. The lowest BCUT2D eigenvalue weighted by molar-refractivity contribution is 0.638. The molecule has 0 amide bonds. The van der Waals surface area contributed by atoms with Gasteiger partial charge in [0.15, 0.2) is 0 Å². The first-order chi connectivity index (χ1) is 7.00. The van der Waals surface area contributed by atoms with Crippen LogP contribution in [0.3, 0.4) is 0 Å². The summed E-state index contributed by atoms with van der Waals surface area (Å²) < 4.78 is 0. The predicted molar refractivity (Wildman–Crippen MR) is 64.1 cm³/mol.